The fourth-order valence-electron chi connectivity index (χ4n) is 2.03. The van der Waals surface area contributed by atoms with Crippen molar-refractivity contribution in [2.45, 2.75) is 19.8 Å². The van der Waals surface area contributed by atoms with Crippen molar-refractivity contribution >= 4 is 11.3 Å². The van der Waals surface area contributed by atoms with Crippen molar-refractivity contribution in [3.63, 3.8) is 0 Å². The molecule has 0 spiro atoms. The molecule has 4 heteroatoms. The molecule has 2 aromatic rings. The molecule has 0 aliphatic heterocycles. The highest BCUT2D eigenvalue weighted by atomic mass is 32.1. The van der Waals surface area contributed by atoms with Crippen molar-refractivity contribution in [1.29, 1.82) is 0 Å². The van der Waals surface area contributed by atoms with Crippen molar-refractivity contribution in [3.8, 4) is 0 Å². The van der Waals surface area contributed by atoms with Crippen LogP contribution in [-0.4, -0.2) is 11.5 Å². The molecule has 0 amide bonds. The van der Waals surface area contributed by atoms with Gasteiger partial charge in [-0.25, -0.2) is 9.37 Å². The predicted molar refractivity (Wildman–Crippen MR) is 73.2 cm³/mol. The summed E-state index contributed by atoms with van der Waals surface area (Å²) in [5.41, 5.74) is 7.88. The molecule has 0 aliphatic rings. The molecule has 2 nitrogen and oxygen atoms in total. The summed E-state index contributed by atoms with van der Waals surface area (Å²) in [6.07, 6.45) is 1.65. The van der Waals surface area contributed by atoms with Crippen molar-refractivity contribution in [3.05, 3.63) is 51.7 Å². The van der Waals surface area contributed by atoms with Crippen LogP contribution in [0.3, 0.4) is 0 Å². The van der Waals surface area contributed by atoms with Gasteiger partial charge in [-0.15, -0.1) is 11.3 Å². The first kappa shape index (κ1) is 13.2. The molecule has 0 saturated heterocycles. The third kappa shape index (κ3) is 3.62. The number of nitrogens with zero attached hydrogens (tertiary/aromatic N) is 1. The van der Waals surface area contributed by atoms with Crippen molar-refractivity contribution in [2.24, 2.45) is 11.7 Å². The summed E-state index contributed by atoms with van der Waals surface area (Å²) >= 11 is 1.65. The standard InChI is InChI=1S/C14H17FN2S/c1-10-17-14(9-18-10)7-12(8-16)5-11-3-2-4-13(15)6-11/h2-4,6,9,12H,5,7-8,16H2,1H3. The van der Waals surface area contributed by atoms with Crippen LogP contribution in [0.4, 0.5) is 4.39 Å². The minimum absolute atomic E-state index is 0.187. The van der Waals surface area contributed by atoms with Gasteiger partial charge in [0.25, 0.3) is 0 Å². The highest BCUT2D eigenvalue weighted by Crippen LogP contribution is 2.16. The summed E-state index contributed by atoms with van der Waals surface area (Å²) in [6.45, 7) is 2.59. The van der Waals surface area contributed by atoms with Gasteiger partial charge in [0.2, 0.25) is 0 Å². The zero-order valence-electron chi connectivity index (χ0n) is 10.4. The summed E-state index contributed by atoms with van der Waals surface area (Å²) in [7, 11) is 0. The largest absolute Gasteiger partial charge is 0.330 e. The van der Waals surface area contributed by atoms with E-state index in [1.807, 2.05) is 13.0 Å². The Morgan fingerprint density at radius 3 is 2.83 bits per heavy atom. The van der Waals surface area contributed by atoms with Gasteiger partial charge >= 0.3 is 0 Å². The molecule has 2 N–H and O–H groups in total. The molecule has 1 aromatic heterocycles. The number of benzene rings is 1. The van der Waals surface area contributed by atoms with E-state index in [0.29, 0.717) is 12.5 Å². The van der Waals surface area contributed by atoms with Gasteiger partial charge in [-0.05, 0) is 49.9 Å². The summed E-state index contributed by atoms with van der Waals surface area (Å²) in [4.78, 5) is 4.45. The Kier molecular flexibility index (Phi) is 4.44. The summed E-state index contributed by atoms with van der Waals surface area (Å²) < 4.78 is 13.1. The Labute approximate surface area is 111 Å². The van der Waals surface area contributed by atoms with E-state index in [2.05, 4.69) is 10.4 Å². The van der Waals surface area contributed by atoms with Crippen LogP contribution in [0.25, 0.3) is 0 Å². The van der Waals surface area contributed by atoms with Gasteiger partial charge in [0.1, 0.15) is 5.82 Å². The number of halogens is 1. The summed E-state index contributed by atoms with van der Waals surface area (Å²) in [5.74, 6) is 0.126. The Bertz CT molecular complexity index is 510. The lowest BCUT2D eigenvalue weighted by Crippen LogP contribution is -2.19. The van der Waals surface area contributed by atoms with Crippen LogP contribution in [0.2, 0.25) is 0 Å². The van der Waals surface area contributed by atoms with Gasteiger partial charge in [-0.1, -0.05) is 12.1 Å². The van der Waals surface area contributed by atoms with Crippen molar-refractivity contribution in [1.82, 2.24) is 4.98 Å². The summed E-state index contributed by atoms with van der Waals surface area (Å²) in [6, 6.07) is 6.73. The molecule has 0 aliphatic carbocycles. The second kappa shape index (κ2) is 6.07. The van der Waals surface area contributed by atoms with Crippen LogP contribution in [0.1, 0.15) is 16.3 Å². The van der Waals surface area contributed by atoms with Crippen LogP contribution >= 0.6 is 11.3 Å². The molecule has 2 rings (SSSR count). The normalized spacial score (nSPS) is 12.6. The van der Waals surface area contributed by atoms with E-state index in [1.165, 1.54) is 6.07 Å². The number of rotatable bonds is 5. The van der Waals surface area contributed by atoms with E-state index in [1.54, 1.807) is 23.5 Å². The first-order chi connectivity index (χ1) is 8.67. The van der Waals surface area contributed by atoms with E-state index >= 15 is 0 Å². The maximum Gasteiger partial charge on any atom is 0.123 e. The smallest absolute Gasteiger partial charge is 0.123 e. The van der Waals surface area contributed by atoms with Crippen LogP contribution in [0, 0.1) is 18.7 Å². The fraction of sp³-hybridized carbons (Fsp3) is 0.357. The van der Waals surface area contributed by atoms with E-state index in [0.717, 1.165) is 29.1 Å². The number of hydrogen-bond acceptors (Lipinski definition) is 3. The molecule has 0 saturated carbocycles. The lowest BCUT2D eigenvalue weighted by atomic mass is 9.95. The maximum atomic E-state index is 13.1. The topological polar surface area (TPSA) is 38.9 Å². The minimum atomic E-state index is -0.187. The fourth-order valence-corrected chi connectivity index (χ4v) is 2.66. The molecule has 0 bridgehead atoms. The van der Waals surface area contributed by atoms with Crippen LogP contribution in [-0.2, 0) is 12.8 Å². The van der Waals surface area contributed by atoms with E-state index in [-0.39, 0.29) is 5.82 Å². The second-order valence-corrected chi connectivity index (χ2v) is 5.56. The third-order valence-electron chi connectivity index (χ3n) is 2.91. The summed E-state index contributed by atoms with van der Waals surface area (Å²) in [5, 5.41) is 3.15. The monoisotopic (exact) mass is 264 g/mol. The van der Waals surface area contributed by atoms with Crippen LogP contribution in [0.15, 0.2) is 29.6 Å². The Balaban J connectivity index is 2.01. The number of aromatic nitrogens is 1. The van der Waals surface area contributed by atoms with Gasteiger partial charge in [-0.2, -0.15) is 0 Å². The molecule has 0 fully saturated rings. The molecule has 0 radical (unpaired) electrons. The van der Waals surface area contributed by atoms with Gasteiger partial charge in [0.15, 0.2) is 0 Å². The molecule has 1 unspecified atom stereocenters. The average molecular weight is 264 g/mol. The average Bonchev–Trinajstić information content (AvgIpc) is 2.74. The predicted octanol–water partition coefficient (Wildman–Crippen LogP) is 2.95. The van der Waals surface area contributed by atoms with Gasteiger partial charge in [0, 0.05) is 5.38 Å². The Morgan fingerprint density at radius 2 is 2.22 bits per heavy atom. The van der Waals surface area contributed by atoms with E-state index in [9.17, 15) is 4.39 Å². The molecular formula is C14H17FN2S. The van der Waals surface area contributed by atoms with Crippen LogP contribution in [0.5, 0.6) is 0 Å². The molecule has 1 aromatic carbocycles. The minimum Gasteiger partial charge on any atom is -0.330 e. The lowest BCUT2D eigenvalue weighted by Gasteiger charge is -2.13. The zero-order chi connectivity index (χ0) is 13.0. The van der Waals surface area contributed by atoms with Crippen molar-refractivity contribution < 1.29 is 4.39 Å². The van der Waals surface area contributed by atoms with Crippen molar-refractivity contribution in [2.75, 3.05) is 6.54 Å². The third-order valence-corrected chi connectivity index (χ3v) is 3.73. The highest BCUT2D eigenvalue weighted by Gasteiger charge is 2.11. The lowest BCUT2D eigenvalue weighted by molar-refractivity contribution is 0.525. The first-order valence-electron chi connectivity index (χ1n) is 6.03. The highest BCUT2D eigenvalue weighted by molar-refractivity contribution is 7.09. The molecule has 1 atom stereocenters. The first-order valence-corrected chi connectivity index (χ1v) is 6.91. The second-order valence-electron chi connectivity index (χ2n) is 4.50. The number of thiazole rings is 1. The molecule has 1 heterocycles. The number of aryl methyl sites for hydroxylation is 1. The SMILES string of the molecule is Cc1nc(CC(CN)Cc2cccc(F)c2)cs1. The van der Waals surface area contributed by atoms with Gasteiger partial charge < -0.3 is 5.73 Å². The van der Waals surface area contributed by atoms with Gasteiger partial charge in [-0.3, -0.25) is 0 Å². The van der Waals surface area contributed by atoms with E-state index in [4.69, 9.17) is 5.73 Å². The number of nitrogens with two attached hydrogens (primary N) is 1. The van der Waals surface area contributed by atoms with Crippen LogP contribution < -0.4 is 5.73 Å². The molecule has 18 heavy (non-hydrogen) atoms. The molecule has 96 valence electrons. The quantitative estimate of drug-likeness (QED) is 0.901. The zero-order valence-corrected chi connectivity index (χ0v) is 11.2. The Morgan fingerprint density at radius 1 is 1.39 bits per heavy atom. The Hall–Kier alpha value is -1.26. The van der Waals surface area contributed by atoms with Gasteiger partial charge in [0.05, 0.1) is 10.7 Å². The molecular weight excluding hydrogens is 247 g/mol. The van der Waals surface area contributed by atoms with E-state index < -0.39 is 0 Å². The maximum absolute atomic E-state index is 13.1. The number of hydrogen-bond donors (Lipinski definition) is 1.